The molecule has 0 aliphatic rings. The van der Waals surface area contributed by atoms with Crippen LogP contribution in [0.25, 0.3) is 0 Å². The van der Waals surface area contributed by atoms with Crippen molar-refractivity contribution in [3.05, 3.63) is 41.5 Å². The Labute approximate surface area is 97.6 Å². The molecule has 0 spiro atoms. The summed E-state index contributed by atoms with van der Waals surface area (Å²) in [6.45, 7) is 10.2. The number of aliphatic hydroxyl groups is 1. The molecule has 16 heavy (non-hydrogen) atoms. The van der Waals surface area contributed by atoms with E-state index in [0.29, 0.717) is 6.61 Å². The maximum atomic E-state index is 9.64. The second-order valence-electron chi connectivity index (χ2n) is 4.27. The van der Waals surface area contributed by atoms with Crippen LogP contribution in [0.2, 0.25) is 0 Å². The number of benzene rings is 1. The van der Waals surface area contributed by atoms with Gasteiger partial charge in [-0.05, 0) is 32.9 Å². The first-order valence-electron chi connectivity index (χ1n) is 5.56. The van der Waals surface area contributed by atoms with Crippen molar-refractivity contribution in [3.8, 4) is 5.75 Å². The minimum absolute atomic E-state index is 0.500. The van der Waals surface area contributed by atoms with Gasteiger partial charge in [0.1, 0.15) is 5.75 Å². The highest BCUT2D eigenvalue weighted by Crippen LogP contribution is 2.26. The summed E-state index contributed by atoms with van der Waals surface area (Å²) in [5, 5.41) is 9.64. The summed E-state index contributed by atoms with van der Waals surface area (Å²) in [7, 11) is 0. The molecule has 0 aliphatic carbocycles. The Bertz CT molecular complexity index is 367. The molecule has 0 heterocycles. The average molecular weight is 220 g/mol. The monoisotopic (exact) mass is 220 g/mol. The Balaban J connectivity index is 2.74. The zero-order valence-corrected chi connectivity index (χ0v) is 10.3. The molecule has 1 aromatic rings. The van der Waals surface area contributed by atoms with E-state index in [9.17, 15) is 5.11 Å². The number of rotatable bonds is 5. The van der Waals surface area contributed by atoms with E-state index in [1.165, 1.54) is 0 Å². The van der Waals surface area contributed by atoms with Crippen molar-refractivity contribution in [2.24, 2.45) is 0 Å². The summed E-state index contributed by atoms with van der Waals surface area (Å²) < 4.78 is 5.64. The summed E-state index contributed by atoms with van der Waals surface area (Å²) in [6, 6.07) is 5.86. The molecule has 2 nitrogen and oxygen atoms in total. The SMILES string of the molecule is C=C(C)CCOc1ccc(C)cc1[C@@H](C)O. The van der Waals surface area contributed by atoms with Gasteiger partial charge in [0, 0.05) is 12.0 Å². The maximum absolute atomic E-state index is 9.64. The number of hydrogen-bond donors (Lipinski definition) is 1. The summed E-state index contributed by atoms with van der Waals surface area (Å²) in [6.07, 6.45) is 0.340. The van der Waals surface area contributed by atoms with Gasteiger partial charge in [-0.3, -0.25) is 0 Å². The molecular weight excluding hydrogens is 200 g/mol. The first-order valence-corrected chi connectivity index (χ1v) is 5.56. The number of ether oxygens (including phenoxy) is 1. The van der Waals surface area contributed by atoms with Crippen molar-refractivity contribution in [1.29, 1.82) is 0 Å². The molecule has 1 rings (SSSR count). The summed E-state index contributed by atoms with van der Waals surface area (Å²) in [5.74, 6) is 0.766. The molecule has 88 valence electrons. The van der Waals surface area contributed by atoms with Gasteiger partial charge < -0.3 is 9.84 Å². The van der Waals surface area contributed by atoms with Crippen molar-refractivity contribution in [2.45, 2.75) is 33.3 Å². The molecule has 0 fully saturated rings. The molecular formula is C14H20O2. The van der Waals surface area contributed by atoms with Gasteiger partial charge in [0.25, 0.3) is 0 Å². The zero-order valence-electron chi connectivity index (χ0n) is 10.3. The smallest absolute Gasteiger partial charge is 0.125 e. The van der Waals surface area contributed by atoms with Crippen LogP contribution in [0, 0.1) is 6.92 Å². The molecule has 1 aromatic carbocycles. The van der Waals surface area contributed by atoms with E-state index in [-0.39, 0.29) is 0 Å². The van der Waals surface area contributed by atoms with Gasteiger partial charge >= 0.3 is 0 Å². The Morgan fingerprint density at radius 3 is 2.75 bits per heavy atom. The number of aliphatic hydroxyl groups excluding tert-OH is 1. The van der Waals surface area contributed by atoms with E-state index in [1.54, 1.807) is 6.92 Å². The third-order valence-electron chi connectivity index (χ3n) is 2.40. The van der Waals surface area contributed by atoms with Crippen LogP contribution in [0.3, 0.4) is 0 Å². The van der Waals surface area contributed by atoms with Gasteiger partial charge in [0.05, 0.1) is 12.7 Å². The molecule has 0 radical (unpaired) electrons. The normalized spacial score (nSPS) is 12.2. The fraction of sp³-hybridized carbons (Fsp3) is 0.429. The van der Waals surface area contributed by atoms with E-state index >= 15 is 0 Å². The van der Waals surface area contributed by atoms with Crippen LogP contribution in [0.4, 0.5) is 0 Å². The molecule has 0 bridgehead atoms. The lowest BCUT2D eigenvalue weighted by Crippen LogP contribution is -2.02. The minimum Gasteiger partial charge on any atom is -0.493 e. The fourth-order valence-electron chi connectivity index (χ4n) is 1.46. The first kappa shape index (κ1) is 12.8. The van der Waals surface area contributed by atoms with Crippen molar-refractivity contribution < 1.29 is 9.84 Å². The maximum Gasteiger partial charge on any atom is 0.125 e. The predicted octanol–water partition coefficient (Wildman–Crippen LogP) is 3.39. The van der Waals surface area contributed by atoms with Gasteiger partial charge in [-0.15, -0.1) is 6.58 Å². The second-order valence-corrected chi connectivity index (χ2v) is 4.27. The summed E-state index contributed by atoms with van der Waals surface area (Å²) in [5.41, 5.74) is 3.08. The van der Waals surface area contributed by atoms with E-state index in [1.807, 2.05) is 32.0 Å². The lowest BCUT2D eigenvalue weighted by molar-refractivity contribution is 0.191. The van der Waals surface area contributed by atoms with E-state index in [4.69, 9.17) is 4.74 Å². The van der Waals surface area contributed by atoms with Crippen LogP contribution >= 0.6 is 0 Å². The number of aryl methyl sites for hydroxylation is 1. The van der Waals surface area contributed by atoms with Crippen molar-refractivity contribution >= 4 is 0 Å². The van der Waals surface area contributed by atoms with E-state index in [2.05, 4.69) is 6.58 Å². The Kier molecular flexibility index (Phi) is 4.56. The van der Waals surface area contributed by atoms with Crippen LogP contribution in [-0.2, 0) is 0 Å². The van der Waals surface area contributed by atoms with Crippen LogP contribution < -0.4 is 4.74 Å². The summed E-state index contributed by atoms with van der Waals surface area (Å²) in [4.78, 5) is 0. The van der Waals surface area contributed by atoms with Crippen LogP contribution in [-0.4, -0.2) is 11.7 Å². The van der Waals surface area contributed by atoms with Crippen molar-refractivity contribution in [3.63, 3.8) is 0 Å². The molecule has 2 heteroatoms. The van der Waals surface area contributed by atoms with Gasteiger partial charge in [-0.2, -0.15) is 0 Å². The molecule has 1 N–H and O–H groups in total. The Morgan fingerprint density at radius 1 is 1.50 bits per heavy atom. The molecule has 0 aromatic heterocycles. The fourth-order valence-corrected chi connectivity index (χ4v) is 1.46. The van der Waals surface area contributed by atoms with Crippen LogP contribution in [0.1, 0.15) is 37.5 Å². The molecule has 0 aliphatic heterocycles. The molecule has 1 atom stereocenters. The third kappa shape index (κ3) is 3.70. The topological polar surface area (TPSA) is 29.5 Å². The summed E-state index contributed by atoms with van der Waals surface area (Å²) >= 11 is 0. The van der Waals surface area contributed by atoms with E-state index < -0.39 is 6.10 Å². The van der Waals surface area contributed by atoms with Gasteiger partial charge in [-0.25, -0.2) is 0 Å². The van der Waals surface area contributed by atoms with Crippen molar-refractivity contribution in [1.82, 2.24) is 0 Å². The highest BCUT2D eigenvalue weighted by Gasteiger charge is 2.09. The second kappa shape index (κ2) is 5.71. The van der Waals surface area contributed by atoms with E-state index in [0.717, 1.165) is 28.9 Å². The lowest BCUT2D eigenvalue weighted by atomic mass is 10.1. The Morgan fingerprint density at radius 2 is 2.19 bits per heavy atom. The third-order valence-corrected chi connectivity index (χ3v) is 2.40. The molecule has 0 saturated heterocycles. The number of hydrogen-bond acceptors (Lipinski definition) is 2. The highest BCUT2D eigenvalue weighted by molar-refractivity contribution is 5.38. The van der Waals surface area contributed by atoms with Crippen LogP contribution in [0.15, 0.2) is 30.4 Å². The molecule has 0 amide bonds. The minimum atomic E-state index is -0.500. The molecule has 0 saturated carbocycles. The standard InChI is InChI=1S/C14H20O2/c1-10(2)7-8-16-14-6-5-11(3)9-13(14)12(4)15/h5-6,9,12,15H,1,7-8H2,2-4H3/t12-/m1/s1. The average Bonchev–Trinajstić information content (AvgIpc) is 2.19. The molecule has 0 unspecified atom stereocenters. The lowest BCUT2D eigenvalue weighted by Gasteiger charge is -2.14. The highest BCUT2D eigenvalue weighted by atomic mass is 16.5. The quantitative estimate of drug-likeness (QED) is 0.771. The Hall–Kier alpha value is -1.28. The first-order chi connectivity index (χ1) is 7.50. The van der Waals surface area contributed by atoms with Crippen molar-refractivity contribution in [2.75, 3.05) is 6.61 Å². The zero-order chi connectivity index (χ0) is 12.1. The van der Waals surface area contributed by atoms with Gasteiger partial charge in [-0.1, -0.05) is 17.2 Å². The predicted molar refractivity (Wildman–Crippen MR) is 66.7 cm³/mol. The van der Waals surface area contributed by atoms with Crippen LogP contribution in [0.5, 0.6) is 5.75 Å². The van der Waals surface area contributed by atoms with Gasteiger partial charge in [0.15, 0.2) is 0 Å². The largest absolute Gasteiger partial charge is 0.493 e. The van der Waals surface area contributed by atoms with Gasteiger partial charge in [0.2, 0.25) is 0 Å².